The van der Waals surface area contributed by atoms with Gasteiger partial charge in [-0.2, -0.15) is 0 Å². The summed E-state index contributed by atoms with van der Waals surface area (Å²) in [5, 5.41) is 10.1. The number of ether oxygens (including phenoxy) is 1. The fourth-order valence-corrected chi connectivity index (χ4v) is 1.94. The highest BCUT2D eigenvalue weighted by atomic mass is 35.5. The summed E-state index contributed by atoms with van der Waals surface area (Å²) in [6, 6.07) is 7.79. The molecule has 0 saturated heterocycles. The van der Waals surface area contributed by atoms with Crippen molar-refractivity contribution >= 4 is 11.6 Å². The standard InChI is InChI=1S/C14H21ClO2/c1-11(2)17-7-6-13(10-16)8-12-4-3-5-14(15)9-12/h3-5,9,11,13,16H,6-8,10H2,1-2H3. The molecule has 0 heterocycles. The molecule has 0 bridgehead atoms. The molecule has 0 saturated carbocycles. The van der Waals surface area contributed by atoms with E-state index < -0.39 is 0 Å². The van der Waals surface area contributed by atoms with Gasteiger partial charge in [0.05, 0.1) is 6.10 Å². The first-order valence-corrected chi connectivity index (χ1v) is 6.46. The Kier molecular flexibility index (Phi) is 6.56. The molecule has 1 rings (SSSR count). The van der Waals surface area contributed by atoms with Gasteiger partial charge in [-0.3, -0.25) is 0 Å². The lowest BCUT2D eigenvalue weighted by atomic mass is 9.97. The molecule has 1 atom stereocenters. The molecule has 0 radical (unpaired) electrons. The molecule has 1 unspecified atom stereocenters. The minimum absolute atomic E-state index is 0.188. The van der Waals surface area contributed by atoms with Gasteiger partial charge in [-0.1, -0.05) is 23.7 Å². The summed E-state index contributed by atoms with van der Waals surface area (Å²) in [4.78, 5) is 0. The molecular weight excluding hydrogens is 236 g/mol. The second-order valence-electron chi connectivity index (χ2n) is 4.59. The van der Waals surface area contributed by atoms with Crippen molar-refractivity contribution in [1.29, 1.82) is 0 Å². The Balaban J connectivity index is 2.41. The van der Waals surface area contributed by atoms with Gasteiger partial charge >= 0.3 is 0 Å². The van der Waals surface area contributed by atoms with Crippen molar-refractivity contribution in [2.75, 3.05) is 13.2 Å². The normalized spacial score (nSPS) is 13.0. The highest BCUT2D eigenvalue weighted by molar-refractivity contribution is 6.30. The van der Waals surface area contributed by atoms with Crippen LogP contribution < -0.4 is 0 Å². The maximum absolute atomic E-state index is 9.33. The number of hydrogen-bond acceptors (Lipinski definition) is 2. The summed E-state index contributed by atoms with van der Waals surface area (Å²) in [6.07, 6.45) is 1.97. The van der Waals surface area contributed by atoms with Crippen LogP contribution >= 0.6 is 11.6 Å². The van der Waals surface area contributed by atoms with E-state index in [1.54, 1.807) is 0 Å². The highest BCUT2D eigenvalue weighted by Crippen LogP contribution is 2.16. The van der Waals surface area contributed by atoms with Crippen LogP contribution in [-0.2, 0) is 11.2 Å². The Labute approximate surface area is 109 Å². The molecule has 0 aliphatic rings. The predicted octanol–water partition coefficient (Wildman–Crippen LogP) is 3.31. The van der Waals surface area contributed by atoms with Gasteiger partial charge in [-0.25, -0.2) is 0 Å². The van der Waals surface area contributed by atoms with Crippen LogP contribution in [0.15, 0.2) is 24.3 Å². The highest BCUT2D eigenvalue weighted by Gasteiger charge is 2.09. The molecular formula is C14H21ClO2. The van der Waals surface area contributed by atoms with Crippen molar-refractivity contribution in [3.8, 4) is 0 Å². The maximum atomic E-state index is 9.33. The monoisotopic (exact) mass is 256 g/mol. The van der Waals surface area contributed by atoms with Crippen LogP contribution in [0.1, 0.15) is 25.8 Å². The number of aliphatic hydroxyl groups is 1. The van der Waals surface area contributed by atoms with E-state index in [2.05, 4.69) is 0 Å². The van der Waals surface area contributed by atoms with Crippen molar-refractivity contribution in [2.45, 2.75) is 32.8 Å². The predicted molar refractivity (Wildman–Crippen MR) is 71.4 cm³/mol. The third-order valence-electron chi connectivity index (χ3n) is 2.65. The van der Waals surface area contributed by atoms with E-state index >= 15 is 0 Å². The third kappa shape index (κ3) is 6.06. The van der Waals surface area contributed by atoms with Gasteiger partial charge in [0.15, 0.2) is 0 Å². The average Bonchev–Trinajstić information content (AvgIpc) is 2.27. The second kappa shape index (κ2) is 7.70. The molecule has 0 amide bonds. The number of hydrogen-bond donors (Lipinski definition) is 1. The van der Waals surface area contributed by atoms with Gasteiger partial charge in [0.25, 0.3) is 0 Å². The van der Waals surface area contributed by atoms with Gasteiger partial charge in [-0.15, -0.1) is 0 Å². The van der Waals surface area contributed by atoms with Gasteiger partial charge in [0.2, 0.25) is 0 Å². The molecule has 0 aromatic heterocycles. The Bertz CT molecular complexity index is 326. The molecule has 0 aliphatic carbocycles. The maximum Gasteiger partial charge on any atom is 0.0518 e. The van der Waals surface area contributed by atoms with Crippen LogP contribution in [0.25, 0.3) is 0 Å². The average molecular weight is 257 g/mol. The molecule has 1 N–H and O–H groups in total. The van der Waals surface area contributed by atoms with Crippen molar-refractivity contribution in [3.63, 3.8) is 0 Å². The Hall–Kier alpha value is -0.570. The van der Waals surface area contributed by atoms with Crippen LogP contribution in [0.5, 0.6) is 0 Å². The molecule has 0 fully saturated rings. The van der Waals surface area contributed by atoms with Crippen molar-refractivity contribution in [2.24, 2.45) is 5.92 Å². The van der Waals surface area contributed by atoms with Crippen LogP contribution in [-0.4, -0.2) is 24.4 Å². The largest absolute Gasteiger partial charge is 0.396 e. The van der Waals surface area contributed by atoms with Crippen molar-refractivity contribution in [1.82, 2.24) is 0 Å². The van der Waals surface area contributed by atoms with Crippen molar-refractivity contribution < 1.29 is 9.84 Å². The lowest BCUT2D eigenvalue weighted by molar-refractivity contribution is 0.0612. The Morgan fingerprint density at radius 3 is 2.71 bits per heavy atom. The molecule has 0 spiro atoms. The first-order chi connectivity index (χ1) is 8.11. The summed E-state index contributed by atoms with van der Waals surface area (Å²) in [6.45, 7) is 4.92. The Morgan fingerprint density at radius 1 is 1.35 bits per heavy atom. The SMILES string of the molecule is CC(C)OCCC(CO)Cc1cccc(Cl)c1. The minimum Gasteiger partial charge on any atom is -0.396 e. The molecule has 17 heavy (non-hydrogen) atoms. The smallest absolute Gasteiger partial charge is 0.0518 e. The van der Waals surface area contributed by atoms with Crippen LogP contribution in [0.2, 0.25) is 5.02 Å². The van der Waals surface area contributed by atoms with Gasteiger partial charge < -0.3 is 9.84 Å². The van der Waals surface area contributed by atoms with Crippen LogP contribution in [0.4, 0.5) is 0 Å². The van der Waals surface area contributed by atoms with Gasteiger partial charge in [0, 0.05) is 18.2 Å². The third-order valence-corrected chi connectivity index (χ3v) is 2.88. The molecule has 0 aliphatic heterocycles. The zero-order chi connectivity index (χ0) is 12.7. The molecule has 1 aromatic carbocycles. The number of benzene rings is 1. The van der Waals surface area contributed by atoms with Crippen molar-refractivity contribution in [3.05, 3.63) is 34.9 Å². The molecule has 1 aromatic rings. The summed E-state index contributed by atoms with van der Waals surface area (Å²) in [5.74, 6) is 0.243. The zero-order valence-corrected chi connectivity index (χ0v) is 11.3. The summed E-state index contributed by atoms with van der Waals surface area (Å²) >= 11 is 5.93. The number of halogens is 1. The first kappa shape index (κ1) is 14.5. The van der Waals surface area contributed by atoms with E-state index in [9.17, 15) is 5.11 Å². The summed E-state index contributed by atoms with van der Waals surface area (Å²) in [7, 11) is 0. The summed E-state index contributed by atoms with van der Waals surface area (Å²) < 4.78 is 5.50. The summed E-state index contributed by atoms with van der Waals surface area (Å²) in [5.41, 5.74) is 1.17. The molecule has 3 heteroatoms. The molecule has 2 nitrogen and oxygen atoms in total. The van der Waals surface area contributed by atoms with E-state index in [0.717, 1.165) is 17.9 Å². The molecule has 96 valence electrons. The number of aliphatic hydroxyl groups excluding tert-OH is 1. The number of rotatable bonds is 7. The van der Waals surface area contributed by atoms with Crippen LogP contribution in [0, 0.1) is 5.92 Å². The van der Waals surface area contributed by atoms with E-state index in [-0.39, 0.29) is 18.6 Å². The second-order valence-corrected chi connectivity index (χ2v) is 5.03. The first-order valence-electron chi connectivity index (χ1n) is 6.08. The zero-order valence-electron chi connectivity index (χ0n) is 10.5. The van der Waals surface area contributed by atoms with Crippen LogP contribution in [0.3, 0.4) is 0 Å². The van der Waals surface area contributed by atoms with E-state index in [1.807, 2.05) is 38.1 Å². The van der Waals surface area contributed by atoms with E-state index in [4.69, 9.17) is 16.3 Å². The van der Waals surface area contributed by atoms with E-state index in [1.165, 1.54) is 5.56 Å². The van der Waals surface area contributed by atoms with E-state index in [0.29, 0.717) is 6.61 Å². The van der Waals surface area contributed by atoms with Gasteiger partial charge in [-0.05, 0) is 50.3 Å². The lowest BCUT2D eigenvalue weighted by Gasteiger charge is -2.15. The topological polar surface area (TPSA) is 29.5 Å². The fourth-order valence-electron chi connectivity index (χ4n) is 1.73. The van der Waals surface area contributed by atoms with Gasteiger partial charge in [0.1, 0.15) is 0 Å². The quantitative estimate of drug-likeness (QED) is 0.811. The minimum atomic E-state index is 0.188. The lowest BCUT2D eigenvalue weighted by Crippen LogP contribution is -2.14. The fraction of sp³-hybridized carbons (Fsp3) is 0.571. The Morgan fingerprint density at radius 2 is 2.12 bits per heavy atom.